The Labute approximate surface area is 351 Å². The summed E-state index contributed by atoms with van der Waals surface area (Å²) in [4.78, 5) is 2.36. The maximum Gasteiger partial charge on any atom is 0.0725 e. The van der Waals surface area contributed by atoms with Crippen molar-refractivity contribution in [1.82, 2.24) is 0 Å². The fourth-order valence-corrected chi connectivity index (χ4v) is 10.3. The topological polar surface area (TPSA) is 3.24 Å². The summed E-state index contributed by atoms with van der Waals surface area (Å²) in [6.45, 7) is 0. The zero-order valence-corrected chi connectivity index (χ0v) is 33.0. The minimum Gasteiger partial charge on any atom is -0.310 e. The highest BCUT2D eigenvalue weighted by atomic mass is 15.1. The molecule has 0 saturated carbocycles. The quantitative estimate of drug-likeness (QED) is 0.163. The van der Waals surface area contributed by atoms with Gasteiger partial charge in [-0.15, -0.1) is 0 Å². The molecule has 0 aliphatic heterocycles. The van der Waals surface area contributed by atoms with Gasteiger partial charge in [0.15, 0.2) is 0 Å². The molecule has 280 valence electrons. The molecule has 10 aromatic rings. The first-order valence-corrected chi connectivity index (χ1v) is 20.8. The fourth-order valence-electron chi connectivity index (χ4n) is 10.3. The number of rotatable bonds is 6. The lowest BCUT2D eigenvalue weighted by molar-refractivity contribution is 0.795. The van der Waals surface area contributed by atoms with Crippen LogP contribution in [-0.4, -0.2) is 0 Å². The molecule has 1 unspecified atom stereocenters. The van der Waals surface area contributed by atoms with Crippen LogP contribution in [0, 0.1) is 0 Å². The third-order valence-corrected chi connectivity index (χ3v) is 12.9. The highest BCUT2D eigenvalue weighted by molar-refractivity contribution is 6.04. The summed E-state index contributed by atoms with van der Waals surface area (Å²) in [6, 6.07) is 87.2. The molecule has 1 spiro atoms. The average molecular weight is 762 g/mol. The highest BCUT2D eigenvalue weighted by Gasteiger charge is 2.52. The maximum atomic E-state index is 2.47. The summed E-state index contributed by atoms with van der Waals surface area (Å²) in [7, 11) is 0. The van der Waals surface area contributed by atoms with Crippen molar-refractivity contribution in [3.63, 3.8) is 0 Å². The lowest BCUT2D eigenvalue weighted by Gasteiger charge is -2.30. The van der Waals surface area contributed by atoms with E-state index >= 15 is 0 Å². The molecule has 0 N–H and O–H groups in total. The summed E-state index contributed by atoms with van der Waals surface area (Å²) in [5.41, 5.74) is 20.9. The number of fused-ring (bicyclic) bond motifs is 11. The smallest absolute Gasteiger partial charge is 0.0725 e. The van der Waals surface area contributed by atoms with Crippen LogP contribution >= 0.6 is 0 Å². The number of nitrogens with zero attached hydrogens (tertiary/aromatic N) is 1. The van der Waals surface area contributed by atoms with Gasteiger partial charge in [-0.25, -0.2) is 0 Å². The van der Waals surface area contributed by atoms with E-state index in [0.29, 0.717) is 0 Å². The van der Waals surface area contributed by atoms with Crippen molar-refractivity contribution >= 4 is 27.8 Å². The minimum atomic E-state index is -0.432. The number of hydrogen-bond donors (Lipinski definition) is 0. The number of anilines is 3. The normalized spacial score (nSPS) is 14.4. The van der Waals surface area contributed by atoms with Crippen LogP contribution < -0.4 is 4.90 Å². The van der Waals surface area contributed by atoms with Crippen molar-refractivity contribution < 1.29 is 0 Å². The molecule has 12 rings (SSSR count). The molecule has 0 aromatic heterocycles. The molecule has 0 bridgehead atoms. The van der Waals surface area contributed by atoms with Crippen molar-refractivity contribution in [2.75, 3.05) is 4.90 Å². The Balaban J connectivity index is 1.03. The van der Waals surface area contributed by atoms with Crippen LogP contribution in [0.15, 0.2) is 237 Å². The predicted octanol–water partition coefficient (Wildman–Crippen LogP) is 15.7. The maximum absolute atomic E-state index is 2.47. The molecule has 0 amide bonds. The molecule has 0 radical (unpaired) electrons. The van der Waals surface area contributed by atoms with Gasteiger partial charge in [-0.2, -0.15) is 0 Å². The van der Waals surface area contributed by atoms with Gasteiger partial charge >= 0.3 is 0 Å². The van der Waals surface area contributed by atoms with Crippen molar-refractivity contribution in [3.05, 3.63) is 259 Å². The van der Waals surface area contributed by atoms with E-state index in [1.54, 1.807) is 0 Å². The predicted molar refractivity (Wildman–Crippen MR) is 251 cm³/mol. The fraction of sp³-hybridized carbons (Fsp3) is 0.0169. The summed E-state index contributed by atoms with van der Waals surface area (Å²) in [5.74, 6) is 0. The molecule has 0 heterocycles. The van der Waals surface area contributed by atoms with Gasteiger partial charge in [0.05, 0.1) is 5.41 Å². The van der Waals surface area contributed by atoms with Crippen LogP contribution in [0.5, 0.6) is 0 Å². The van der Waals surface area contributed by atoms with Gasteiger partial charge in [-0.05, 0) is 137 Å². The molecule has 60 heavy (non-hydrogen) atoms. The van der Waals surface area contributed by atoms with Gasteiger partial charge in [0.2, 0.25) is 0 Å². The van der Waals surface area contributed by atoms with Crippen molar-refractivity contribution in [1.29, 1.82) is 0 Å². The van der Waals surface area contributed by atoms with E-state index in [1.807, 2.05) is 0 Å². The van der Waals surface area contributed by atoms with E-state index in [1.165, 1.54) is 88.7 Å². The van der Waals surface area contributed by atoms with E-state index in [9.17, 15) is 0 Å². The lowest BCUT2D eigenvalue weighted by Crippen LogP contribution is -2.25. The van der Waals surface area contributed by atoms with Crippen LogP contribution in [0.2, 0.25) is 0 Å². The molecular weight excluding hydrogens is 723 g/mol. The third kappa shape index (κ3) is 5.13. The number of hydrogen-bond acceptors (Lipinski definition) is 1. The third-order valence-electron chi connectivity index (χ3n) is 12.9. The molecule has 0 fully saturated rings. The largest absolute Gasteiger partial charge is 0.310 e. The minimum absolute atomic E-state index is 0.432. The number of para-hydroxylation sites is 1. The van der Waals surface area contributed by atoms with Gasteiger partial charge in [-0.1, -0.05) is 188 Å². The first-order chi connectivity index (χ1) is 29.8. The summed E-state index contributed by atoms with van der Waals surface area (Å²) in [6.07, 6.45) is 0. The average Bonchev–Trinajstić information content (AvgIpc) is 3.79. The van der Waals surface area contributed by atoms with Crippen molar-refractivity contribution in [3.8, 4) is 55.6 Å². The SMILES string of the molecule is c1ccc(-c2ccc(N(c3ccccc3)c3cccc(-c4ccccc4-c4cccc5c4-c4ccccc4C54c5ccccc5-c5cc6ccccc6cc54)c3)cc2)cc1. The summed E-state index contributed by atoms with van der Waals surface area (Å²) in [5, 5.41) is 2.54. The van der Waals surface area contributed by atoms with Gasteiger partial charge < -0.3 is 4.90 Å². The van der Waals surface area contributed by atoms with E-state index in [4.69, 9.17) is 0 Å². The van der Waals surface area contributed by atoms with Gasteiger partial charge in [0.1, 0.15) is 0 Å². The molecule has 1 heteroatoms. The second-order valence-corrected chi connectivity index (χ2v) is 16.0. The van der Waals surface area contributed by atoms with E-state index in [0.717, 1.165) is 17.1 Å². The first kappa shape index (κ1) is 34.3. The second kappa shape index (κ2) is 13.7. The van der Waals surface area contributed by atoms with Gasteiger partial charge in [-0.3, -0.25) is 0 Å². The first-order valence-electron chi connectivity index (χ1n) is 20.8. The Bertz CT molecular complexity index is 3250. The van der Waals surface area contributed by atoms with E-state index in [2.05, 4.69) is 241 Å². The van der Waals surface area contributed by atoms with Crippen molar-refractivity contribution in [2.45, 2.75) is 5.41 Å². The van der Waals surface area contributed by atoms with E-state index < -0.39 is 5.41 Å². The van der Waals surface area contributed by atoms with Crippen LogP contribution in [0.3, 0.4) is 0 Å². The molecule has 1 atom stereocenters. The zero-order chi connectivity index (χ0) is 39.6. The van der Waals surface area contributed by atoms with Crippen LogP contribution in [0.1, 0.15) is 22.3 Å². The summed E-state index contributed by atoms with van der Waals surface area (Å²) >= 11 is 0. The molecule has 1 nitrogen and oxygen atoms in total. The van der Waals surface area contributed by atoms with Crippen molar-refractivity contribution in [2.24, 2.45) is 0 Å². The Morgan fingerprint density at radius 1 is 0.250 bits per heavy atom. The highest BCUT2D eigenvalue weighted by Crippen LogP contribution is 2.64. The molecule has 0 saturated heterocycles. The molecule has 2 aliphatic carbocycles. The Morgan fingerprint density at radius 3 is 1.52 bits per heavy atom. The summed E-state index contributed by atoms with van der Waals surface area (Å²) < 4.78 is 0. The lowest BCUT2D eigenvalue weighted by atomic mass is 9.70. The molecule has 10 aromatic carbocycles. The molecule has 2 aliphatic rings. The van der Waals surface area contributed by atoms with Crippen LogP contribution in [0.25, 0.3) is 66.4 Å². The van der Waals surface area contributed by atoms with Gasteiger partial charge in [0, 0.05) is 17.1 Å². The second-order valence-electron chi connectivity index (χ2n) is 16.0. The van der Waals surface area contributed by atoms with Gasteiger partial charge in [0.25, 0.3) is 0 Å². The zero-order valence-electron chi connectivity index (χ0n) is 33.0. The number of benzene rings is 10. The monoisotopic (exact) mass is 761 g/mol. The van der Waals surface area contributed by atoms with Crippen LogP contribution in [0.4, 0.5) is 17.1 Å². The van der Waals surface area contributed by atoms with Crippen LogP contribution in [-0.2, 0) is 5.41 Å². The van der Waals surface area contributed by atoms with E-state index in [-0.39, 0.29) is 0 Å². The molecular formula is C59H39N. The Kier molecular flexibility index (Phi) is 7.83. The Hall–Kier alpha value is -7.74. The Morgan fingerprint density at radius 2 is 0.750 bits per heavy atom. The standard InChI is InChI=1S/C59H39N/c1-3-17-40(18-4-1)41-33-35-46(36-34-41)60(45-22-5-2-6-23-45)47-24-15-21-44(37-47)48-25-9-10-26-49(48)51-29-16-32-56-58(51)52-28-12-14-31-55(52)59(56)54-30-13-11-27-50(54)53-38-42-19-7-8-20-43(42)39-57(53)59/h1-39H.